The van der Waals surface area contributed by atoms with Crippen LogP contribution in [-0.4, -0.2) is 45.0 Å². The Balaban J connectivity index is 1.35. The highest BCUT2D eigenvalue weighted by molar-refractivity contribution is 6.09. The molecule has 1 unspecified atom stereocenters. The minimum Gasteiger partial charge on any atom is -0.343 e. The Morgan fingerprint density at radius 2 is 1.94 bits per heavy atom. The van der Waals surface area contributed by atoms with Gasteiger partial charge >= 0.3 is 6.03 Å². The molecule has 0 radical (unpaired) electrons. The number of nitrogens with zero attached hydrogens (tertiary/aromatic N) is 3. The number of nitrogens with one attached hydrogen (secondary N) is 2. The molecule has 2 N–H and O–H groups in total. The Hall–Kier alpha value is -3.30. The number of rotatable bonds is 7. The SMILES string of the molecule is CCC(C)(C)C1CCC2(CC1)NC(=O)N(CC(=O)NC(C)c1nc(-c3ccc(F)cc3)no1)C2=O. The number of hydrogen-bond donors (Lipinski definition) is 2. The van der Waals surface area contributed by atoms with Crippen LogP contribution in [0.5, 0.6) is 0 Å². The van der Waals surface area contributed by atoms with E-state index < -0.39 is 23.5 Å². The third-order valence-corrected chi connectivity index (χ3v) is 7.70. The van der Waals surface area contributed by atoms with Crippen molar-refractivity contribution < 1.29 is 23.3 Å². The van der Waals surface area contributed by atoms with Gasteiger partial charge in [0.1, 0.15) is 23.9 Å². The van der Waals surface area contributed by atoms with E-state index in [2.05, 4.69) is 41.5 Å². The molecule has 2 aromatic rings. The minimum atomic E-state index is -0.917. The lowest BCUT2D eigenvalue weighted by atomic mass is 9.65. The van der Waals surface area contributed by atoms with Crippen LogP contribution in [0.3, 0.4) is 0 Å². The van der Waals surface area contributed by atoms with Crippen LogP contribution in [0, 0.1) is 17.2 Å². The molecular formula is C25H32FN5O4. The van der Waals surface area contributed by atoms with Gasteiger partial charge in [0.25, 0.3) is 5.91 Å². The second kappa shape index (κ2) is 9.39. The Bertz CT molecular complexity index is 1110. The largest absolute Gasteiger partial charge is 0.343 e. The Morgan fingerprint density at radius 1 is 1.29 bits per heavy atom. The van der Waals surface area contributed by atoms with E-state index in [-0.39, 0.29) is 35.4 Å². The molecule has 1 saturated carbocycles. The summed E-state index contributed by atoms with van der Waals surface area (Å²) in [7, 11) is 0. The van der Waals surface area contributed by atoms with Gasteiger partial charge in [-0.25, -0.2) is 9.18 Å². The number of carbonyl (C=O) groups is 3. The molecule has 10 heteroatoms. The summed E-state index contributed by atoms with van der Waals surface area (Å²) in [5, 5.41) is 9.43. The fourth-order valence-electron chi connectivity index (χ4n) is 4.96. The molecule has 1 aromatic heterocycles. The summed E-state index contributed by atoms with van der Waals surface area (Å²) in [6, 6.07) is 4.44. The molecule has 1 spiro atoms. The number of urea groups is 1. The maximum absolute atomic E-state index is 13.2. The number of halogens is 1. The first kappa shape index (κ1) is 24.8. The zero-order chi connectivity index (χ0) is 25.4. The fraction of sp³-hybridized carbons (Fsp3) is 0.560. The number of carbonyl (C=O) groups excluding carboxylic acids is 3. The van der Waals surface area contributed by atoms with Crippen LogP contribution < -0.4 is 10.6 Å². The first-order valence-corrected chi connectivity index (χ1v) is 12.1. The van der Waals surface area contributed by atoms with Gasteiger partial charge in [0, 0.05) is 5.56 Å². The van der Waals surface area contributed by atoms with Crippen LogP contribution in [-0.2, 0) is 9.59 Å². The van der Waals surface area contributed by atoms with Gasteiger partial charge in [-0.05, 0) is 68.2 Å². The van der Waals surface area contributed by atoms with Gasteiger partial charge in [0.15, 0.2) is 0 Å². The van der Waals surface area contributed by atoms with Crippen LogP contribution in [0.2, 0.25) is 0 Å². The average Bonchev–Trinajstić information content (AvgIpc) is 3.40. The molecule has 2 aliphatic rings. The van der Waals surface area contributed by atoms with Gasteiger partial charge < -0.3 is 15.2 Å². The lowest BCUT2D eigenvalue weighted by Gasteiger charge is -2.42. The van der Waals surface area contributed by atoms with E-state index in [0.717, 1.165) is 24.2 Å². The molecule has 1 aliphatic heterocycles. The summed E-state index contributed by atoms with van der Waals surface area (Å²) in [5.74, 6) is -0.314. The molecule has 188 valence electrons. The van der Waals surface area contributed by atoms with E-state index in [9.17, 15) is 18.8 Å². The van der Waals surface area contributed by atoms with Gasteiger partial charge in [0.2, 0.25) is 17.6 Å². The summed E-state index contributed by atoms with van der Waals surface area (Å²) >= 11 is 0. The van der Waals surface area contributed by atoms with Gasteiger partial charge in [-0.2, -0.15) is 4.98 Å². The summed E-state index contributed by atoms with van der Waals surface area (Å²) < 4.78 is 18.4. The van der Waals surface area contributed by atoms with Gasteiger partial charge in [-0.1, -0.05) is 32.3 Å². The van der Waals surface area contributed by atoms with Gasteiger partial charge in [-0.3, -0.25) is 14.5 Å². The fourth-order valence-corrected chi connectivity index (χ4v) is 4.96. The Kier molecular flexibility index (Phi) is 6.66. The van der Waals surface area contributed by atoms with Crippen LogP contribution in [0.25, 0.3) is 11.4 Å². The topological polar surface area (TPSA) is 117 Å². The van der Waals surface area contributed by atoms with E-state index in [1.807, 2.05) is 0 Å². The zero-order valence-corrected chi connectivity index (χ0v) is 20.6. The van der Waals surface area contributed by atoms with Gasteiger partial charge in [0.05, 0.1) is 0 Å². The normalized spacial score (nSPS) is 23.5. The van der Waals surface area contributed by atoms with E-state index in [0.29, 0.717) is 24.3 Å². The standard InChI is InChI=1S/C25H32FN5O4/c1-5-24(3,4)17-10-12-25(13-11-17)22(33)31(23(34)29-25)14-19(32)27-15(2)21-28-20(30-35-21)16-6-8-18(26)9-7-16/h6-9,15,17H,5,10-14H2,1-4H3,(H,27,32)(H,29,34). The molecule has 0 bridgehead atoms. The van der Waals surface area contributed by atoms with Crippen molar-refractivity contribution in [3.05, 3.63) is 36.0 Å². The molecule has 4 rings (SSSR count). The Morgan fingerprint density at radius 3 is 2.57 bits per heavy atom. The van der Waals surface area contributed by atoms with Crippen molar-refractivity contribution in [2.45, 2.75) is 71.4 Å². The summed E-state index contributed by atoms with van der Waals surface area (Å²) in [4.78, 5) is 43.7. The smallest absolute Gasteiger partial charge is 0.325 e. The predicted octanol–water partition coefficient (Wildman–Crippen LogP) is 3.97. The van der Waals surface area contributed by atoms with Crippen molar-refractivity contribution in [1.82, 2.24) is 25.7 Å². The monoisotopic (exact) mass is 485 g/mol. The van der Waals surface area contributed by atoms with E-state index in [4.69, 9.17) is 4.52 Å². The summed E-state index contributed by atoms with van der Waals surface area (Å²) in [5.41, 5.74) is -0.157. The van der Waals surface area contributed by atoms with Gasteiger partial charge in [-0.15, -0.1) is 0 Å². The molecule has 2 fully saturated rings. The zero-order valence-electron chi connectivity index (χ0n) is 20.6. The van der Waals surface area contributed by atoms with Crippen molar-refractivity contribution in [1.29, 1.82) is 0 Å². The highest BCUT2D eigenvalue weighted by atomic mass is 19.1. The molecule has 2 heterocycles. The quantitative estimate of drug-likeness (QED) is 0.573. The molecule has 35 heavy (non-hydrogen) atoms. The second-order valence-electron chi connectivity index (χ2n) is 10.3. The first-order chi connectivity index (χ1) is 16.5. The van der Waals surface area contributed by atoms with Crippen molar-refractivity contribution in [3.63, 3.8) is 0 Å². The lowest BCUT2D eigenvalue weighted by molar-refractivity contribution is -0.136. The number of benzene rings is 1. The number of aromatic nitrogens is 2. The number of hydrogen-bond acceptors (Lipinski definition) is 6. The van der Waals surface area contributed by atoms with Crippen LogP contribution in [0.4, 0.5) is 9.18 Å². The van der Waals surface area contributed by atoms with Crippen LogP contribution >= 0.6 is 0 Å². The number of amides is 4. The van der Waals surface area contributed by atoms with E-state index >= 15 is 0 Å². The maximum Gasteiger partial charge on any atom is 0.325 e. The summed E-state index contributed by atoms with van der Waals surface area (Å²) in [6.07, 6.45) is 3.93. The molecule has 1 aliphatic carbocycles. The highest BCUT2D eigenvalue weighted by Crippen LogP contribution is 2.45. The van der Waals surface area contributed by atoms with Crippen molar-refractivity contribution >= 4 is 17.8 Å². The molecule has 9 nitrogen and oxygen atoms in total. The van der Waals surface area contributed by atoms with E-state index in [1.54, 1.807) is 6.92 Å². The molecule has 4 amide bonds. The minimum absolute atomic E-state index is 0.156. The van der Waals surface area contributed by atoms with Crippen molar-refractivity contribution in [3.8, 4) is 11.4 Å². The van der Waals surface area contributed by atoms with Crippen LogP contribution in [0.1, 0.15) is 71.7 Å². The third kappa shape index (κ3) is 4.92. The predicted molar refractivity (Wildman–Crippen MR) is 125 cm³/mol. The van der Waals surface area contributed by atoms with Crippen molar-refractivity contribution in [2.75, 3.05) is 6.54 Å². The number of imide groups is 1. The maximum atomic E-state index is 13.2. The molecule has 1 atom stereocenters. The molecular weight excluding hydrogens is 453 g/mol. The lowest BCUT2D eigenvalue weighted by Crippen LogP contribution is -2.51. The second-order valence-corrected chi connectivity index (χ2v) is 10.3. The highest BCUT2D eigenvalue weighted by Gasteiger charge is 2.53. The average molecular weight is 486 g/mol. The Labute approximate surface area is 203 Å². The van der Waals surface area contributed by atoms with E-state index in [1.165, 1.54) is 24.3 Å². The van der Waals surface area contributed by atoms with Crippen LogP contribution in [0.15, 0.2) is 28.8 Å². The first-order valence-electron chi connectivity index (χ1n) is 12.1. The molecule has 1 saturated heterocycles. The van der Waals surface area contributed by atoms with Crippen molar-refractivity contribution in [2.24, 2.45) is 11.3 Å². The summed E-state index contributed by atoms with van der Waals surface area (Å²) in [6.45, 7) is 7.93. The molecule has 1 aromatic carbocycles. The third-order valence-electron chi connectivity index (χ3n) is 7.70.